The summed E-state index contributed by atoms with van der Waals surface area (Å²) in [6.45, 7) is 7.86. The predicted molar refractivity (Wildman–Crippen MR) is 127 cm³/mol. The van der Waals surface area contributed by atoms with E-state index < -0.39 is 11.2 Å². The lowest BCUT2D eigenvalue weighted by atomic mass is 9.67. The molecule has 3 rings (SSSR count). The maximum Gasteiger partial charge on any atom is 0.231 e. The molecule has 0 atom stereocenters. The van der Waals surface area contributed by atoms with E-state index in [1.165, 1.54) is 19.3 Å². The molecule has 1 aliphatic heterocycles. The van der Waals surface area contributed by atoms with Crippen molar-refractivity contribution in [2.75, 3.05) is 13.9 Å². The van der Waals surface area contributed by atoms with Crippen LogP contribution in [-0.4, -0.2) is 30.6 Å². The summed E-state index contributed by atoms with van der Waals surface area (Å²) in [4.78, 5) is 27.0. The minimum Gasteiger partial charge on any atom is -0.507 e. The van der Waals surface area contributed by atoms with Crippen LogP contribution >= 0.6 is 0 Å². The number of benzene rings is 1. The van der Waals surface area contributed by atoms with Gasteiger partial charge in [-0.2, -0.15) is 0 Å². The van der Waals surface area contributed by atoms with Crippen LogP contribution in [0.15, 0.2) is 70.7 Å². The van der Waals surface area contributed by atoms with E-state index in [0.29, 0.717) is 11.5 Å². The monoisotopic (exact) mass is 450 g/mol. The largest absolute Gasteiger partial charge is 0.507 e. The van der Waals surface area contributed by atoms with Gasteiger partial charge in [-0.25, -0.2) is 0 Å². The first kappa shape index (κ1) is 24.1. The minimum absolute atomic E-state index is 0.00148. The summed E-state index contributed by atoms with van der Waals surface area (Å²) in [7, 11) is 1.38. The van der Waals surface area contributed by atoms with Crippen molar-refractivity contribution < 1.29 is 28.9 Å². The van der Waals surface area contributed by atoms with E-state index >= 15 is 0 Å². The van der Waals surface area contributed by atoms with Crippen LogP contribution in [-0.2, 0) is 14.3 Å². The van der Waals surface area contributed by atoms with Gasteiger partial charge in [0.1, 0.15) is 22.5 Å². The van der Waals surface area contributed by atoms with Crippen molar-refractivity contribution in [2.24, 2.45) is 5.41 Å². The summed E-state index contributed by atoms with van der Waals surface area (Å²) in [6, 6.07) is 5.38. The van der Waals surface area contributed by atoms with Crippen LogP contribution < -0.4 is 9.47 Å². The molecule has 0 saturated carbocycles. The van der Waals surface area contributed by atoms with Crippen LogP contribution in [0.4, 0.5) is 0 Å². The lowest BCUT2D eigenvalue weighted by molar-refractivity contribution is -0.136. The molecule has 0 spiro atoms. The molecule has 0 saturated heterocycles. The highest BCUT2D eigenvalue weighted by Gasteiger charge is 2.49. The van der Waals surface area contributed by atoms with Crippen LogP contribution in [0, 0.1) is 5.41 Å². The zero-order valence-corrected chi connectivity index (χ0v) is 19.7. The second-order valence-electron chi connectivity index (χ2n) is 8.67. The van der Waals surface area contributed by atoms with Crippen LogP contribution in [0.25, 0.3) is 6.08 Å². The number of methoxy groups -OCH3 is 1. The maximum absolute atomic E-state index is 13.8. The van der Waals surface area contributed by atoms with Crippen molar-refractivity contribution in [3.8, 4) is 11.5 Å². The molecule has 0 radical (unpaired) electrons. The van der Waals surface area contributed by atoms with Crippen molar-refractivity contribution in [2.45, 2.75) is 40.5 Å². The van der Waals surface area contributed by atoms with Gasteiger partial charge < -0.3 is 19.3 Å². The number of carbonyl (C=O) groups is 2. The Kier molecular flexibility index (Phi) is 7.26. The standard InChI is InChI=1S/C27H30O6/c1-17(2)10-12-27(13-11-18(3)4)24(29)15-23(31-5)25(26(27)30)20(28)8-6-19-7-9-21-22(14-19)33-16-32-21/h6-11,14-15,28H,12-13,16H2,1-5H3/b8-6+,25-20+. The van der Waals surface area contributed by atoms with Gasteiger partial charge in [-0.3, -0.25) is 9.59 Å². The molecule has 0 unspecified atom stereocenters. The van der Waals surface area contributed by atoms with E-state index in [1.54, 1.807) is 18.2 Å². The zero-order chi connectivity index (χ0) is 24.2. The summed E-state index contributed by atoms with van der Waals surface area (Å²) < 4.78 is 16.0. The molecular formula is C27H30O6. The number of carbonyl (C=O) groups excluding carboxylic acids is 2. The van der Waals surface area contributed by atoms with Crippen molar-refractivity contribution in [3.63, 3.8) is 0 Å². The van der Waals surface area contributed by atoms with E-state index in [-0.39, 0.29) is 42.5 Å². The lowest BCUT2D eigenvalue weighted by Gasteiger charge is -2.33. The van der Waals surface area contributed by atoms with E-state index in [9.17, 15) is 14.7 Å². The van der Waals surface area contributed by atoms with Crippen molar-refractivity contribution in [1.82, 2.24) is 0 Å². The van der Waals surface area contributed by atoms with Crippen LogP contribution in [0.1, 0.15) is 46.1 Å². The van der Waals surface area contributed by atoms with E-state index in [1.807, 2.05) is 45.9 Å². The molecular weight excluding hydrogens is 420 g/mol. The molecule has 1 N–H and O–H groups in total. The van der Waals surface area contributed by atoms with Gasteiger partial charge in [0.05, 0.1) is 7.11 Å². The zero-order valence-electron chi connectivity index (χ0n) is 19.7. The number of rotatable bonds is 7. The molecule has 2 aliphatic rings. The molecule has 6 heteroatoms. The third-order valence-corrected chi connectivity index (χ3v) is 5.67. The maximum atomic E-state index is 13.8. The number of Topliss-reactive ketones (excluding diaryl/α,β-unsaturated/α-hetero) is 1. The fraction of sp³-hybridized carbons (Fsp3) is 0.333. The Labute approximate surface area is 194 Å². The first-order valence-corrected chi connectivity index (χ1v) is 10.8. The quantitative estimate of drug-likeness (QED) is 0.251. The molecule has 1 aromatic carbocycles. The Hall–Kier alpha value is -3.54. The number of aliphatic hydroxyl groups excluding tert-OH is 1. The Bertz CT molecular complexity index is 1090. The van der Waals surface area contributed by atoms with E-state index in [0.717, 1.165) is 16.7 Å². The summed E-state index contributed by atoms with van der Waals surface area (Å²) in [6.07, 6.45) is 8.67. The molecule has 1 aliphatic carbocycles. The number of ketones is 2. The summed E-state index contributed by atoms with van der Waals surface area (Å²) in [5.41, 5.74) is 1.44. The predicted octanol–water partition coefficient (Wildman–Crippen LogP) is 5.62. The molecule has 1 heterocycles. The van der Waals surface area contributed by atoms with Gasteiger partial charge in [0.25, 0.3) is 0 Å². The molecule has 0 amide bonds. The van der Waals surface area contributed by atoms with Gasteiger partial charge in [-0.15, -0.1) is 0 Å². The Morgan fingerprint density at radius 3 is 2.30 bits per heavy atom. The normalized spacial score (nSPS) is 18.2. The molecule has 174 valence electrons. The van der Waals surface area contributed by atoms with Crippen LogP contribution in [0.2, 0.25) is 0 Å². The topological polar surface area (TPSA) is 82.1 Å². The SMILES string of the molecule is COC1=CC(=O)C(CC=C(C)C)(CC=C(C)C)C(=O)/C1=C(O)\C=C\c1ccc2c(c1)OCO2. The molecule has 33 heavy (non-hydrogen) atoms. The number of fused-ring (bicyclic) bond motifs is 1. The second-order valence-corrected chi connectivity index (χ2v) is 8.67. The number of hydrogen-bond acceptors (Lipinski definition) is 6. The average molecular weight is 451 g/mol. The molecule has 1 aromatic rings. The summed E-state index contributed by atoms with van der Waals surface area (Å²) >= 11 is 0. The Morgan fingerprint density at radius 1 is 1.06 bits per heavy atom. The smallest absolute Gasteiger partial charge is 0.231 e. The van der Waals surface area contributed by atoms with Crippen molar-refractivity contribution in [1.29, 1.82) is 0 Å². The highest BCUT2D eigenvalue weighted by atomic mass is 16.7. The Morgan fingerprint density at radius 2 is 1.70 bits per heavy atom. The number of aliphatic hydroxyl groups is 1. The number of hydrogen-bond donors (Lipinski definition) is 1. The number of allylic oxidation sites excluding steroid dienone is 7. The molecule has 0 fully saturated rings. The van der Waals surface area contributed by atoms with Crippen molar-refractivity contribution in [3.05, 3.63) is 76.3 Å². The molecule has 0 bridgehead atoms. The van der Waals surface area contributed by atoms with Gasteiger partial charge in [-0.05, 0) is 64.3 Å². The third kappa shape index (κ3) is 5.11. The molecule has 0 aromatic heterocycles. The highest BCUT2D eigenvalue weighted by Crippen LogP contribution is 2.41. The van der Waals surface area contributed by atoms with Gasteiger partial charge in [0.15, 0.2) is 23.1 Å². The second kappa shape index (κ2) is 9.94. The molecule has 6 nitrogen and oxygen atoms in total. The van der Waals surface area contributed by atoms with Crippen molar-refractivity contribution >= 4 is 17.6 Å². The first-order valence-electron chi connectivity index (χ1n) is 10.8. The lowest BCUT2D eigenvalue weighted by Crippen LogP contribution is -2.43. The van der Waals surface area contributed by atoms with Gasteiger partial charge in [0.2, 0.25) is 6.79 Å². The van der Waals surface area contributed by atoms with Crippen LogP contribution in [0.5, 0.6) is 11.5 Å². The summed E-state index contributed by atoms with van der Waals surface area (Å²) in [5.74, 6) is 0.289. The fourth-order valence-electron chi connectivity index (χ4n) is 3.70. The highest BCUT2D eigenvalue weighted by molar-refractivity contribution is 6.23. The minimum atomic E-state index is -1.33. The number of ether oxygens (including phenoxy) is 3. The summed E-state index contributed by atoms with van der Waals surface area (Å²) in [5, 5.41) is 10.9. The van der Waals surface area contributed by atoms with Gasteiger partial charge >= 0.3 is 0 Å². The Balaban J connectivity index is 2.06. The fourth-order valence-corrected chi connectivity index (χ4v) is 3.70. The van der Waals surface area contributed by atoms with Gasteiger partial charge in [0, 0.05) is 6.08 Å². The van der Waals surface area contributed by atoms with E-state index in [2.05, 4.69) is 0 Å². The first-order chi connectivity index (χ1) is 15.7. The third-order valence-electron chi connectivity index (χ3n) is 5.67. The average Bonchev–Trinajstić information content (AvgIpc) is 3.24. The van der Waals surface area contributed by atoms with Crippen LogP contribution in [0.3, 0.4) is 0 Å². The van der Waals surface area contributed by atoms with E-state index in [4.69, 9.17) is 14.2 Å². The van der Waals surface area contributed by atoms with Gasteiger partial charge in [-0.1, -0.05) is 35.4 Å².